The van der Waals surface area contributed by atoms with Crippen LogP contribution in [0.1, 0.15) is 30.6 Å². The van der Waals surface area contributed by atoms with Gasteiger partial charge in [-0.15, -0.1) is 0 Å². The van der Waals surface area contributed by atoms with Crippen molar-refractivity contribution in [2.75, 3.05) is 39.5 Å². The highest BCUT2D eigenvalue weighted by Crippen LogP contribution is 2.26. The summed E-state index contributed by atoms with van der Waals surface area (Å²) in [6, 6.07) is 2.98. The number of benzene rings is 1. The van der Waals surface area contributed by atoms with Gasteiger partial charge in [0, 0.05) is 19.6 Å². The Morgan fingerprint density at radius 2 is 1.90 bits per heavy atom. The molecule has 0 bridgehead atoms. The fourth-order valence-electron chi connectivity index (χ4n) is 2.65. The van der Waals surface area contributed by atoms with Crippen molar-refractivity contribution in [2.45, 2.75) is 25.2 Å². The summed E-state index contributed by atoms with van der Waals surface area (Å²) in [6.45, 7) is 4.57. The predicted molar refractivity (Wildman–Crippen MR) is 112 cm³/mol. The van der Waals surface area contributed by atoms with Crippen LogP contribution in [-0.2, 0) is 24.3 Å². The van der Waals surface area contributed by atoms with Crippen LogP contribution in [0.25, 0.3) is 0 Å². The molecular formula is C19H26ClN3O7S. The number of carbonyl (C=O) groups is 3. The van der Waals surface area contributed by atoms with E-state index in [1.54, 1.807) is 0 Å². The Bertz CT molecular complexity index is 915. The van der Waals surface area contributed by atoms with Crippen molar-refractivity contribution in [2.24, 2.45) is 5.92 Å². The van der Waals surface area contributed by atoms with Gasteiger partial charge in [0.25, 0.3) is 5.91 Å². The average molecular weight is 476 g/mol. The van der Waals surface area contributed by atoms with E-state index in [4.69, 9.17) is 21.1 Å². The molecule has 1 aromatic rings. The van der Waals surface area contributed by atoms with Gasteiger partial charge in [-0.2, -0.15) is 4.31 Å². The fraction of sp³-hybridized carbons (Fsp3) is 0.526. The molecule has 0 saturated carbocycles. The number of amides is 3. The van der Waals surface area contributed by atoms with Crippen molar-refractivity contribution < 1.29 is 32.3 Å². The Hall–Kier alpha value is -2.21. The number of hydrogen-bond donors (Lipinski definition) is 2. The van der Waals surface area contributed by atoms with E-state index < -0.39 is 34.5 Å². The van der Waals surface area contributed by atoms with E-state index in [9.17, 15) is 22.8 Å². The van der Waals surface area contributed by atoms with E-state index in [2.05, 4.69) is 5.32 Å². The molecule has 0 spiro atoms. The number of imide groups is 1. The van der Waals surface area contributed by atoms with Crippen LogP contribution < -0.4 is 10.6 Å². The maximum absolute atomic E-state index is 12.8. The van der Waals surface area contributed by atoms with Gasteiger partial charge in [-0.25, -0.2) is 18.0 Å². The van der Waals surface area contributed by atoms with Crippen LogP contribution in [0, 0.1) is 5.92 Å². The molecule has 1 aliphatic heterocycles. The number of nitrogens with zero attached hydrogens (tertiary/aromatic N) is 1. The Morgan fingerprint density at radius 1 is 1.23 bits per heavy atom. The molecular weight excluding hydrogens is 450 g/mol. The Labute approximate surface area is 186 Å². The van der Waals surface area contributed by atoms with Crippen molar-refractivity contribution in [3.05, 3.63) is 28.8 Å². The molecule has 2 rings (SSSR count). The molecule has 0 unspecified atom stereocenters. The molecule has 1 aliphatic rings. The lowest BCUT2D eigenvalue weighted by Gasteiger charge is -2.26. The van der Waals surface area contributed by atoms with E-state index in [1.807, 2.05) is 19.2 Å². The Balaban J connectivity index is 1.96. The van der Waals surface area contributed by atoms with Gasteiger partial charge in [-0.05, 0) is 30.5 Å². The molecule has 0 radical (unpaired) electrons. The van der Waals surface area contributed by atoms with Crippen LogP contribution in [0.5, 0.6) is 0 Å². The minimum atomic E-state index is -3.93. The molecule has 1 saturated heterocycles. The molecule has 0 aliphatic carbocycles. The number of urea groups is 1. The van der Waals surface area contributed by atoms with Gasteiger partial charge in [-0.3, -0.25) is 10.1 Å². The topological polar surface area (TPSA) is 131 Å². The predicted octanol–water partition coefficient (Wildman–Crippen LogP) is 1.39. The third-order valence-electron chi connectivity index (χ3n) is 4.35. The summed E-state index contributed by atoms with van der Waals surface area (Å²) in [5.41, 5.74) is -0.0922. The molecule has 10 nitrogen and oxygen atoms in total. The van der Waals surface area contributed by atoms with Crippen LogP contribution in [0.2, 0.25) is 5.02 Å². The van der Waals surface area contributed by atoms with Gasteiger partial charge in [0.1, 0.15) is 4.90 Å². The third-order valence-corrected chi connectivity index (χ3v) is 6.73. The highest BCUT2D eigenvalue weighted by atomic mass is 35.5. The van der Waals surface area contributed by atoms with E-state index in [1.165, 1.54) is 16.4 Å². The second kappa shape index (κ2) is 11.4. The van der Waals surface area contributed by atoms with Gasteiger partial charge < -0.3 is 14.8 Å². The zero-order chi connectivity index (χ0) is 23.0. The van der Waals surface area contributed by atoms with Crippen molar-refractivity contribution >= 4 is 39.5 Å². The smallest absolute Gasteiger partial charge is 0.338 e. The van der Waals surface area contributed by atoms with Gasteiger partial charge >= 0.3 is 12.0 Å². The first kappa shape index (κ1) is 25.1. The van der Waals surface area contributed by atoms with Crippen LogP contribution in [0.3, 0.4) is 0 Å². The fourth-order valence-corrected chi connectivity index (χ4v) is 4.56. The SMILES string of the molecule is CC(C)CCNC(=O)NC(=O)COC(=O)c1ccc(Cl)c(S(=O)(=O)N2CCOCC2)c1. The maximum atomic E-state index is 12.8. The van der Waals surface area contributed by atoms with Crippen LogP contribution in [0.15, 0.2) is 23.1 Å². The van der Waals surface area contributed by atoms with E-state index in [-0.39, 0.29) is 41.8 Å². The van der Waals surface area contributed by atoms with Crippen molar-refractivity contribution in [3.63, 3.8) is 0 Å². The number of rotatable bonds is 8. The number of carbonyl (C=O) groups excluding carboxylic acids is 3. The standard InChI is InChI=1S/C19H26ClN3O7S/c1-13(2)5-6-21-19(26)22-17(24)12-30-18(25)14-3-4-15(20)16(11-14)31(27,28)23-7-9-29-10-8-23/h3-4,11,13H,5-10,12H2,1-2H3,(H2,21,22,24,26). The van der Waals surface area contributed by atoms with E-state index >= 15 is 0 Å². The second-order valence-electron chi connectivity index (χ2n) is 7.22. The average Bonchev–Trinajstić information content (AvgIpc) is 2.72. The molecule has 12 heteroatoms. The Kier molecular flexibility index (Phi) is 9.23. The number of halogens is 1. The highest BCUT2D eigenvalue weighted by Gasteiger charge is 2.29. The summed E-state index contributed by atoms with van der Waals surface area (Å²) in [7, 11) is -3.93. The molecule has 0 aromatic heterocycles. The van der Waals surface area contributed by atoms with Crippen molar-refractivity contribution in [3.8, 4) is 0 Å². The second-order valence-corrected chi connectivity index (χ2v) is 9.54. The zero-order valence-corrected chi connectivity index (χ0v) is 18.9. The first-order chi connectivity index (χ1) is 14.6. The molecule has 1 fully saturated rings. The molecule has 0 atom stereocenters. The molecule has 2 N–H and O–H groups in total. The van der Waals surface area contributed by atoms with Crippen molar-refractivity contribution in [1.29, 1.82) is 0 Å². The minimum Gasteiger partial charge on any atom is -0.452 e. The summed E-state index contributed by atoms with van der Waals surface area (Å²) >= 11 is 6.05. The summed E-state index contributed by atoms with van der Waals surface area (Å²) in [4.78, 5) is 35.4. The minimum absolute atomic E-state index is 0.0427. The zero-order valence-electron chi connectivity index (χ0n) is 17.4. The van der Waals surface area contributed by atoms with Gasteiger partial charge in [-0.1, -0.05) is 25.4 Å². The lowest BCUT2D eigenvalue weighted by atomic mass is 10.1. The molecule has 31 heavy (non-hydrogen) atoms. The molecule has 1 aromatic carbocycles. The highest BCUT2D eigenvalue weighted by molar-refractivity contribution is 7.89. The summed E-state index contributed by atoms with van der Waals surface area (Å²) in [5, 5.41) is 4.52. The van der Waals surface area contributed by atoms with E-state index in [0.717, 1.165) is 12.5 Å². The monoisotopic (exact) mass is 475 g/mol. The summed E-state index contributed by atoms with van der Waals surface area (Å²) < 4.78 is 36.9. The Morgan fingerprint density at radius 3 is 2.55 bits per heavy atom. The largest absolute Gasteiger partial charge is 0.452 e. The first-order valence-corrected chi connectivity index (χ1v) is 11.6. The summed E-state index contributed by atoms with van der Waals surface area (Å²) in [5.74, 6) is -1.34. The number of ether oxygens (including phenoxy) is 2. The number of sulfonamides is 1. The third kappa shape index (κ3) is 7.46. The van der Waals surface area contributed by atoms with Gasteiger partial charge in [0.05, 0.1) is 23.8 Å². The molecule has 1 heterocycles. The number of nitrogens with one attached hydrogen (secondary N) is 2. The quantitative estimate of drug-likeness (QED) is 0.543. The number of morpholine rings is 1. The van der Waals surface area contributed by atoms with Gasteiger partial charge in [0.2, 0.25) is 10.0 Å². The van der Waals surface area contributed by atoms with Crippen LogP contribution in [0.4, 0.5) is 4.79 Å². The molecule has 172 valence electrons. The maximum Gasteiger partial charge on any atom is 0.338 e. The lowest BCUT2D eigenvalue weighted by molar-refractivity contribution is -0.123. The number of hydrogen-bond acceptors (Lipinski definition) is 7. The van der Waals surface area contributed by atoms with Crippen LogP contribution >= 0.6 is 11.6 Å². The lowest BCUT2D eigenvalue weighted by Crippen LogP contribution is -2.42. The van der Waals surface area contributed by atoms with Crippen molar-refractivity contribution in [1.82, 2.24) is 14.9 Å². The van der Waals surface area contributed by atoms with Gasteiger partial charge in [0.15, 0.2) is 6.61 Å². The number of esters is 1. The first-order valence-electron chi connectivity index (χ1n) is 9.73. The van der Waals surface area contributed by atoms with E-state index in [0.29, 0.717) is 12.5 Å². The van der Waals surface area contributed by atoms with Crippen LogP contribution in [-0.4, -0.2) is 70.1 Å². The summed E-state index contributed by atoms with van der Waals surface area (Å²) in [6.07, 6.45) is 0.753. The normalized spacial score (nSPS) is 14.8. The molecule has 3 amide bonds.